The first-order valence-corrected chi connectivity index (χ1v) is 6.86. The highest BCUT2D eigenvalue weighted by atomic mass is 16.5. The van der Waals surface area contributed by atoms with E-state index in [1.54, 1.807) is 6.20 Å². The number of hydrogen-bond donors (Lipinski definition) is 0. The Morgan fingerprint density at radius 3 is 2.68 bits per heavy atom. The van der Waals surface area contributed by atoms with Crippen LogP contribution in [0.25, 0.3) is 0 Å². The van der Waals surface area contributed by atoms with Crippen molar-refractivity contribution in [2.75, 3.05) is 44.3 Å². The number of nitrogens with zero attached hydrogens (tertiary/aromatic N) is 3. The second-order valence-electron chi connectivity index (χ2n) is 5.09. The molecule has 4 heteroatoms. The van der Waals surface area contributed by atoms with Crippen LogP contribution in [0.2, 0.25) is 0 Å². The van der Waals surface area contributed by atoms with Crippen molar-refractivity contribution in [3.63, 3.8) is 0 Å². The van der Waals surface area contributed by atoms with Gasteiger partial charge in [0.05, 0.1) is 6.61 Å². The average Bonchev–Trinajstić information content (AvgIpc) is 3.02. The van der Waals surface area contributed by atoms with Crippen LogP contribution in [0.1, 0.15) is 12.0 Å². The molecular formula is C15H19N3O. The van der Waals surface area contributed by atoms with E-state index in [0.29, 0.717) is 6.04 Å². The first-order valence-electron chi connectivity index (χ1n) is 6.86. The van der Waals surface area contributed by atoms with Crippen molar-refractivity contribution in [1.82, 2.24) is 9.88 Å². The molecule has 0 radical (unpaired) electrons. The Labute approximate surface area is 114 Å². The van der Waals surface area contributed by atoms with E-state index in [0.717, 1.165) is 50.8 Å². The number of ether oxygens (including phenoxy) is 1. The standard InChI is InChI=1S/C15H19N3O/c1-2-13-3-4-15(16-11-13)18-8-6-17(7-9-18)14-5-10-19-12-14/h1,3-4,11,14H,5-10,12H2/t14-/m1/s1. The van der Waals surface area contributed by atoms with Gasteiger partial charge in [-0.3, -0.25) is 4.90 Å². The molecule has 1 atom stereocenters. The van der Waals surface area contributed by atoms with Crippen molar-refractivity contribution in [3.8, 4) is 12.3 Å². The maximum absolute atomic E-state index is 5.46. The zero-order valence-corrected chi connectivity index (χ0v) is 11.1. The summed E-state index contributed by atoms with van der Waals surface area (Å²) in [6.07, 6.45) is 8.29. The minimum Gasteiger partial charge on any atom is -0.380 e. The van der Waals surface area contributed by atoms with E-state index >= 15 is 0 Å². The molecule has 2 saturated heterocycles. The van der Waals surface area contributed by atoms with Crippen LogP contribution in [0, 0.1) is 12.3 Å². The van der Waals surface area contributed by atoms with Gasteiger partial charge >= 0.3 is 0 Å². The van der Waals surface area contributed by atoms with Gasteiger partial charge in [0, 0.05) is 50.6 Å². The van der Waals surface area contributed by atoms with Crippen molar-refractivity contribution in [1.29, 1.82) is 0 Å². The van der Waals surface area contributed by atoms with Gasteiger partial charge in [-0.05, 0) is 18.6 Å². The SMILES string of the molecule is C#Cc1ccc(N2CCN([C@@H]3CCOC3)CC2)nc1. The van der Waals surface area contributed by atoms with Gasteiger partial charge in [-0.25, -0.2) is 4.98 Å². The molecule has 2 fully saturated rings. The Kier molecular flexibility index (Phi) is 3.67. The molecule has 3 rings (SSSR count). The third-order valence-corrected chi connectivity index (χ3v) is 3.97. The van der Waals surface area contributed by atoms with E-state index in [1.807, 2.05) is 12.1 Å². The van der Waals surface area contributed by atoms with Crippen molar-refractivity contribution in [2.24, 2.45) is 0 Å². The fraction of sp³-hybridized carbons (Fsp3) is 0.533. The molecule has 3 heterocycles. The zero-order valence-electron chi connectivity index (χ0n) is 11.1. The Morgan fingerprint density at radius 1 is 1.26 bits per heavy atom. The van der Waals surface area contributed by atoms with E-state index in [1.165, 1.54) is 6.42 Å². The topological polar surface area (TPSA) is 28.6 Å². The van der Waals surface area contributed by atoms with Crippen LogP contribution in [0.4, 0.5) is 5.82 Å². The first-order chi connectivity index (χ1) is 9.36. The fourth-order valence-corrected chi connectivity index (χ4v) is 2.78. The number of rotatable bonds is 2. The summed E-state index contributed by atoms with van der Waals surface area (Å²) in [5.41, 5.74) is 0.838. The van der Waals surface area contributed by atoms with Gasteiger partial charge in [-0.15, -0.1) is 6.42 Å². The molecule has 0 aromatic carbocycles. The van der Waals surface area contributed by atoms with Gasteiger partial charge in [0.25, 0.3) is 0 Å². The lowest BCUT2D eigenvalue weighted by atomic mass is 10.2. The molecule has 2 aliphatic rings. The third kappa shape index (κ3) is 2.73. The minimum atomic E-state index is 0.624. The number of pyridine rings is 1. The van der Waals surface area contributed by atoms with Gasteiger partial charge in [0.2, 0.25) is 0 Å². The number of terminal acetylenes is 1. The number of hydrogen-bond acceptors (Lipinski definition) is 4. The molecule has 1 aromatic heterocycles. The van der Waals surface area contributed by atoms with Crippen LogP contribution in [0.5, 0.6) is 0 Å². The maximum Gasteiger partial charge on any atom is 0.128 e. The van der Waals surface area contributed by atoms with Crippen molar-refractivity contribution in [3.05, 3.63) is 23.9 Å². The molecule has 0 saturated carbocycles. The van der Waals surface area contributed by atoms with Crippen LogP contribution < -0.4 is 4.90 Å². The van der Waals surface area contributed by atoms with Gasteiger partial charge in [-0.2, -0.15) is 0 Å². The Balaban J connectivity index is 1.58. The Hall–Kier alpha value is -1.57. The fourth-order valence-electron chi connectivity index (χ4n) is 2.78. The minimum absolute atomic E-state index is 0.624. The van der Waals surface area contributed by atoms with Crippen molar-refractivity contribution < 1.29 is 4.74 Å². The lowest BCUT2D eigenvalue weighted by Gasteiger charge is -2.38. The highest BCUT2D eigenvalue weighted by molar-refractivity contribution is 5.43. The van der Waals surface area contributed by atoms with Crippen molar-refractivity contribution in [2.45, 2.75) is 12.5 Å². The monoisotopic (exact) mass is 257 g/mol. The molecule has 4 nitrogen and oxygen atoms in total. The van der Waals surface area contributed by atoms with Crippen molar-refractivity contribution >= 4 is 5.82 Å². The third-order valence-electron chi connectivity index (χ3n) is 3.97. The molecule has 0 unspecified atom stereocenters. The maximum atomic E-state index is 5.46. The summed E-state index contributed by atoms with van der Waals surface area (Å²) in [6.45, 7) is 6.05. The van der Waals surface area contributed by atoms with Crippen LogP contribution in [-0.2, 0) is 4.74 Å². The number of anilines is 1. The average molecular weight is 257 g/mol. The summed E-state index contributed by atoms with van der Waals surface area (Å²) in [7, 11) is 0. The summed E-state index contributed by atoms with van der Waals surface area (Å²) in [5.74, 6) is 3.63. The molecule has 0 amide bonds. The second kappa shape index (κ2) is 5.60. The quantitative estimate of drug-likeness (QED) is 0.738. The zero-order chi connectivity index (χ0) is 13.1. The number of piperazine rings is 1. The Bertz CT molecular complexity index is 451. The number of aromatic nitrogens is 1. The smallest absolute Gasteiger partial charge is 0.128 e. The van der Waals surface area contributed by atoms with Crippen LogP contribution in [0.15, 0.2) is 18.3 Å². The lowest BCUT2D eigenvalue weighted by Crippen LogP contribution is -2.50. The summed E-state index contributed by atoms with van der Waals surface area (Å²) >= 11 is 0. The molecule has 100 valence electrons. The second-order valence-corrected chi connectivity index (χ2v) is 5.09. The molecule has 1 aromatic rings. The first kappa shape index (κ1) is 12.5. The van der Waals surface area contributed by atoms with E-state index < -0.39 is 0 Å². The molecule has 2 aliphatic heterocycles. The summed E-state index contributed by atoms with van der Waals surface area (Å²) in [6, 6.07) is 4.60. The summed E-state index contributed by atoms with van der Waals surface area (Å²) in [5, 5.41) is 0. The molecule has 19 heavy (non-hydrogen) atoms. The highest BCUT2D eigenvalue weighted by Crippen LogP contribution is 2.18. The lowest BCUT2D eigenvalue weighted by molar-refractivity contribution is 0.139. The molecule has 0 spiro atoms. The predicted molar refractivity (Wildman–Crippen MR) is 75.2 cm³/mol. The summed E-state index contributed by atoms with van der Waals surface area (Å²) < 4.78 is 5.46. The van der Waals surface area contributed by atoms with Gasteiger partial charge in [0.1, 0.15) is 5.82 Å². The summed E-state index contributed by atoms with van der Waals surface area (Å²) in [4.78, 5) is 9.30. The predicted octanol–water partition coefficient (Wildman–Crippen LogP) is 0.974. The van der Waals surface area contributed by atoms with Gasteiger partial charge in [-0.1, -0.05) is 5.92 Å². The van der Waals surface area contributed by atoms with E-state index in [-0.39, 0.29) is 0 Å². The van der Waals surface area contributed by atoms with E-state index in [2.05, 4.69) is 20.7 Å². The highest BCUT2D eigenvalue weighted by Gasteiger charge is 2.26. The van der Waals surface area contributed by atoms with Crippen LogP contribution >= 0.6 is 0 Å². The van der Waals surface area contributed by atoms with Crippen LogP contribution in [-0.4, -0.2) is 55.3 Å². The Morgan fingerprint density at radius 2 is 2.11 bits per heavy atom. The largest absolute Gasteiger partial charge is 0.380 e. The van der Waals surface area contributed by atoms with Gasteiger partial charge < -0.3 is 9.64 Å². The normalized spacial score (nSPS) is 24.4. The van der Waals surface area contributed by atoms with E-state index in [4.69, 9.17) is 11.2 Å². The molecule has 0 N–H and O–H groups in total. The van der Waals surface area contributed by atoms with E-state index in [9.17, 15) is 0 Å². The van der Waals surface area contributed by atoms with Crippen LogP contribution in [0.3, 0.4) is 0 Å². The molecule has 0 bridgehead atoms. The van der Waals surface area contributed by atoms with Gasteiger partial charge in [0.15, 0.2) is 0 Å². The molecular weight excluding hydrogens is 238 g/mol. The molecule has 0 aliphatic carbocycles.